The second kappa shape index (κ2) is 4.39. The fourth-order valence-electron chi connectivity index (χ4n) is 3.20. The molecule has 2 nitrogen and oxygen atoms in total. The maximum Gasteiger partial charge on any atom is 0.136 e. The molecular formula is C15H18FNO. The summed E-state index contributed by atoms with van der Waals surface area (Å²) in [6, 6.07) is 5.30. The van der Waals surface area contributed by atoms with Gasteiger partial charge in [-0.2, -0.15) is 0 Å². The summed E-state index contributed by atoms with van der Waals surface area (Å²) in [6.07, 6.45) is 7.09. The molecule has 0 atom stereocenters. The first-order chi connectivity index (χ1) is 8.75. The third-order valence-corrected chi connectivity index (χ3v) is 4.31. The molecule has 3 rings (SSSR count). The summed E-state index contributed by atoms with van der Waals surface area (Å²) in [4.78, 5) is 0. The first kappa shape index (κ1) is 11.7. The number of halogens is 1. The molecule has 1 fully saturated rings. The van der Waals surface area contributed by atoms with Gasteiger partial charge in [-0.3, -0.25) is 0 Å². The molecule has 1 aromatic carbocycles. The molecule has 1 aromatic heterocycles. The highest BCUT2D eigenvalue weighted by Gasteiger charge is 2.35. The maximum absolute atomic E-state index is 14.3. The molecule has 1 saturated carbocycles. The number of nitrogens with two attached hydrogens (primary N) is 1. The van der Waals surface area contributed by atoms with Gasteiger partial charge in [0.1, 0.15) is 11.4 Å². The second-order valence-electron chi connectivity index (χ2n) is 5.34. The number of hydrogen-bond donors (Lipinski definition) is 1. The van der Waals surface area contributed by atoms with Crippen molar-refractivity contribution in [1.29, 1.82) is 0 Å². The Morgan fingerprint density at radius 2 is 2.00 bits per heavy atom. The van der Waals surface area contributed by atoms with Gasteiger partial charge < -0.3 is 10.2 Å². The van der Waals surface area contributed by atoms with Crippen molar-refractivity contribution in [3.05, 3.63) is 35.8 Å². The minimum atomic E-state index is -0.176. The highest BCUT2D eigenvalue weighted by Crippen LogP contribution is 2.40. The summed E-state index contributed by atoms with van der Waals surface area (Å²) in [5, 5.41) is 0.963. The van der Waals surface area contributed by atoms with Crippen LogP contribution in [0.3, 0.4) is 0 Å². The molecule has 2 N–H and O–H groups in total. The van der Waals surface area contributed by atoms with E-state index >= 15 is 0 Å². The van der Waals surface area contributed by atoms with Crippen LogP contribution in [0.4, 0.5) is 4.39 Å². The summed E-state index contributed by atoms with van der Waals surface area (Å²) < 4.78 is 19.5. The molecule has 96 valence electrons. The van der Waals surface area contributed by atoms with Crippen molar-refractivity contribution in [2.45, 2.75) is 37.5 Å². The quantitative estimate of drug-likeness (QED) is 0.878. The zero-order valence-electron chi connectivity index (χ0n) is 10.4. The van der Waals surface area contributed by atoms with E-state index in [9.17, 15) is 4.39 Å². The van der Waals surface area contributed by atoms with Gasteiger partial charge in [0.25, 0.3) is 0 Å². The smallest absolute Gasteiger partial charge is 0.136 e. The molecule has 0 radical (unpaired) electrons. The third-order valence-electron chi connectivity index (χ3n) is 4.31. The average Bonchev–Trinajstić information content (AvgIpc) is 2.85. The number of hydrogen-bond acceptors (Lipinski definition) is 2. The van der Waals surface area contributed by atoms with E-state index in [1.165, 1.54) is 12.5 Å². The lowest BCUT2D eigenvalue weighted by Crippen LogP contribution is -2.37. The van der Waals surface area contributed by atoms with Crippen molar-refractivity contribution in [1.82, 2.24) is 0 Å². The predicted molar refractivity (Wildman–Crippen MR) is 70.0 cm³/mol. The first-order valence-corrected chi connectivity index (χ1v) is 6.62. The molecular weight excluding hydrogens is 229 g/mol. The van der Waals surface area contributed by atoms with Crippen LogP contribution in [0.15, 0.2) is 28.9 Å². The Kier molecular flexibility index (Phi) is 2.86. The summed E-state index contributed by atoms with van der Waals surface area (Å²) >= 11 is 0. The monoisotopic (exact) mass is 247 g/mol. The summed E-state index contributed by atoms with van der Waals surface area (Å²) in [7, 11) is 0. The molecule has 0 bridgehead atoms. The minimum Gasteiger partial charge on any atom is -0.464 e. The minimum absolute atomic E-state index is 0.173. The van der Waals surface area contributed by atoms with Crippen LogP contribution >= 0.6 is 0 Å². The van der Waals surface area contributed by atoms with Crippen LogP contribution in [0, 0.1) is 5.82 Å². The van der Waals surface area contributed by atoms with Crippen molar-refractivity contribution in [3.8, 4) is 0 Å². The second-order valence-corrected chi connectivity index (χ2v) is 5.34. The van der Waals surface area contributed by atoms with Crippen molar-refractivity contribution >= 4 is 11.0 Å². The van der Waals surface area contributed by atoms with Crippen LogP contribution in [0.2, 0.25) is 0 Å². The van der Waals surface area contributed by atoms with Crippen molar-refractivity contribution in [3.63, 3.8) is 0 Å². The lowest BCUT2D eigenvalue weighted by molar-refractivity contribution is 0.292. The van der Waals surface area contributed by atoms with Gasteiger partial charge in [-0.05, 0) is 30.5 Å². The molecule has 1 aliphatic rings. The van der Waals surface area contributed by atoms with Crippen LogP contribution in [-0.4, -0.2) is 6.54 Å². The third kappa shape index (κ3) is 1.74. The first-order valence-electron chi connectivity index (χ1n) is 6.62. The van der Waals surface area contributed by atoms with Gasteiger partial charge in [0.2, 0.25) is 0 Å². The van der Waals surface area contributed by atoms with Gasteiger partial charge in [0, 0.05) is 23.4 Å². The molecule has 0 saturated heterocycles. The molecule has 3 heteroatoms. The largest absolute Gasteiger partial charge is 0.464 e. The summed E-state index contributed by atoms with van der Waals surface area (Å²) in [5.74, 6) is -0.176. The molecule has 0 unspecified atom stereocenters. The SMILES string of the molecule is NCC1(c2cc3ccoc3cc2F)CCCCC1. The topological polar surface area (TPSA) is 39.2 Å². The van der Waals surface area contributed by atoms with E-state index in [1.807, 2.05) is 12.1 Å². The lowest BCUT2D eigenvalue weighted by Gasteiger charge is -2.37. The zero-order chi connectivity index (χ0) is 12.6. The van der Waals surface area contributed by atoms with Crippen LogP contribution in [0.1, 0.15) is 37.7 Å². The summed E-state index contributed by atoms with van der Waals surface area (Å²) in [6.45, 7) is 0.521. The van der Waals surface area contributed by atoms with E-state index in [0.717, 1.165) is 36.6 Å². The molecule has 1 aliphatic carbocycles. The Morgan fingerprint density at radius 1 is 1.22 bits per heavy atom. The van der Waals surface area contributed by atoms with Crippen LogP contribution in [0.25, 0.3) is 11.0 Å². The van der Waals surface area contributed by atoms with E-state index in [1.54, 1.807) is 6.26 Å². The molecule has 18 heavy (non-hydrogen) atoms. The number of furan rings is 1. The number of benzene rings is 1. The van der Waals surface area contributed by atoms with Crippen LogP contribution < -0.4 is 5.73 Å². The van der Waals surface area contributed by atoms with Crippen molar-refractivity contribution < 1.29 is 8.81 Å². The Labute approximate surface area is 106 Å². The number of rotatable bonds is 2. The van der Waals surface area contributed by atoms with E-state index in [0.29, 0.717) is 12.1 Å². The lowest BCUT2D eigenvalue weighted by atomic mass is 9.69. The van der Waals surface area contributed by atoms with E-state index in [4.69, 9.17) is 10.2 Å². The van der Waals surface area contributed by atoms with Gasteiger partial charge in [0.05, 0.1) is 6.26 Å². The zero-order valence-corrected chi connectivity index (χ0v) is 10.4. The number of fused-ring (bicyclic) bond motifs is 1. The van der Waals surface area contributed by atoms with Gasteiger partial charge in [-0.15, -0.1) is 0 Å². The predicted octanol–water partition coefficient (Wildman–Crippen LogP) is 3.73. The Morgan fingerprint density at radius 3 is 2.72 bits per heavy atom. The Balaban J connectivity index is 2.13. The van der Waals surface area contributed by atoms with Gasteiger partial charge in [0.15, 0.2) is 0 Å². The Hall–Kier alpha value is -1.35. The van der Waals surface area contributed by atoms with Crippen molar-refractivity contribution in [2.75, 3.05) is 6.54 Å². The van der Waals surface area contributed by atoms with E-state index in [-0.39, 0.29) is 11.2 Å². The van der Waals surface area contributed by atoms with Gasteiger partial charge in [-0.1, -0.05) is 19.3 Å². The average molecular weight is 247 g/mol. The molecule has 0 aliphatic heterocycles. The maximum atomic E-state index is 14.3. The normalized spacial score (nSPS) is 19.2. The molecule has 0 spiro atoms. The van der Waals surface area contributed by atoms with E-state index in [2.05, 4.69) is 0 Å². The summed E-state index contributed by atoms with van der Waals surface area (Å²) in [5.41, 5.74) is 7.18. The van der Waals surface area contributed by atoms with Crippen LogP contribution in [-0.2, 0) is 5.41 Å². The Bertz CT molecular complexity index is 555. The molecule has 1 heterocycles. The highest BCUT2D eigenvalue weighted by atomic mass is 19.1. The highest BCUT2D eigenvalue weighted by molar-refractivity contribution is 5.78. The fraction of sp³-hybridized carbons (Fsp3) is 0.467. The van der Waals surface area contributed by atoms with Crippen LogP contribution in [0.5, 0.6) is 0 Å². The van der Waals surface area contributed by atoms with Crippen molar-refractivity contribution in [2.24, 2.45) is 5.73 Å². The van der Waals surface area contributed by atoms with E-state index < -0.39 is 0 Å². The van der Waals surface area contributed by atoms with Gasteiger partial charge in [-0.25, -0.2) is 4.39 Å². The van der Waals surface area contributed by atoms with Gasteiger partial charge >= 0.3 is 0 Å². The standard InChI is InChI=1S/C15H18FNO/c16-13-9-14-11(4-7-18-14)8-12(13)15(10-17)5-2-1-3-6-15/h4,7-9H,1-3,5-6,10,17H2. The molecule has 0 amide bonds. The fourth-order valence-corrected chi connectivity index (χ4v) is 3.20. The molecule has 2 aromatic rings.